The van der Waals surface area contributed by atoms with E-state index >= 15 is 0 Å². The fourth-order valence-electron chi connectivity index (χ4n) is 2.64. The third-order valence-electron chi connectivity index (χ3n) is 4.52. The number of hydrogen-bond acceptors (Lipinski definition) is 8. The summed E-state index contributed by atoms with van der Waals surface area (Å²) < 4.78 is 0. The molecule has 4 amide bonds. The SMILES string of the molecule is CSCCC(NC(=O)C(NC(=O)C(CC(N)=O)NC(=O)C(N)CCC(=O)O)C(C)C)C(=O)O. The first kappa shape index (κ1) is 30.1. The predicted molar refractivity (Wildman–Crippen MR) is 120 cm³/mol. The fraction of sp³-hybridized carbons (Fsp3) is 0.684. The van der Waals surface area contributed by atoms with Gasteiger partial charge in [0.1, 0.15) is 18.1 Å². The van der Waals surface area contributed by atoms with Gasteiger partial charge in [-0.15, -0.1) is 0 Å². The highest BCUT2D eigenvalue weighted by molar-refractivity contribution is 7.98. The van der Waals surface area contributed by atoms with E-state index < -0.39 is 72.1 Å². The lowest BCUT2D eigenvalue weighted by Crippen LogP contribution is -2.59. The van der Waals surface area contributed by atoms with Crippen molar-refractivity contribution in [3.05, 3.63) is 0 Å². The van der Waals surface area contributed by atoms with Crippen molar-refractivity contribution in [2.24, 2.45) is 17.4 Å². The molecule has 0 aliphatic rings. The van der Waals surface area contributed by atoms with E-state index in [1.54, 1.807) is 20.1 Å². The Bertz CT molecular complexity index is 733. The molecule has 13 nitrogen and oxygen atoms in total. The van der Waals surface area contributed by atoms with E-state index in [2.05, 4.69) is 16.0 Å². The van der Waals surface area contributed by atoms with Gasteiger partial charge in [-0.1, -0.05) is 13.8 Å². The molecule has 0 aromatic rings. The molecule has 4 atom stereocenters. The summed E-state index contributed by atoms with van der Waals surface area (Å²) in [4.78, 5) is 71.1. The average Bonchev–Trinajstić information content (AvgIpc) is 2.71. The molecule has 188 valence electrons. The van der Waals surface area contributed by atoms with Gasteiger partial charge in [-0.2, -0.15) is 11.8 Å². The minimum atomic E-state index is -1.47. The topological polar surface area (TPSA) is 231 Å². The quantitative estimate of drug-likeness (QED) is 0.125. The van der Waals surface area contributed by atoms with Gasteiger partial charge in [-0.05, 0) is 30.8 Å². The van der Waals surface area contributed by atoms with Gasteiger partial charge in [0.25, 0.3) is 0 Å². The molecule has 0 heterocycles. The van der Waals surface area contributed by atoms with Crippen molar-refractivity contribution in [2.75, 3.05) is 12.0 Å². The number of carboxylic acids is 2. The Balaban J connectivity index is 5.37. The number of rotatable bonds is 16. The van der Waals surface area contributed by atoms with Crippen molar-refractivity contribution in [3.63, 3.8) is 0 Å². The van der Waals surface area contributed by atoms with E-state index in [0.717, 1.165) is 0 Å². The van der Waals surface area contributed by atoms with Gasteiger partial charge in [-0.25, -0.2) is 4.79 Å². The second-order valence-corrected chi connectivity index (χ2v) is 8.67. The molecule has 0 saturated carbocycles. The second kappa shape index (κ2) is 15.1. The van der Waals surface area contributed by atoms with Crippen molar-refractivity contribution in [1.29, 1.82) is 0 Å². The summed E-state index contributed by atoms with van der Waals surface area (Å²) in [5, 5.41) is 25.0. The molecular weight excluding hydrogens is 458 g/mol. The van der Waals surface area contributed by atoms with Crippen LogP contribution in [0.1, 0.15) is 39.5 Å². The highest BCUT2D eigenvalue weighted by Crippen LogP contribution is 2.07. The number of carbonyl (C=O) groups is 6. The van der Waals surface area contributed by atoms with Crippen LogP contribution in [0.3, 0.4) is 0 Å². The summed E-state index contributed by atoms with van der Waals surface area (Å²) in [6.07, 6.45) is 0.795. The Hall–Kier alpha value is -2.87. The zero-order valence-electron chi connectivity index (χ0n) is 18.8. The molecule has 0 aromatic heterocycles. The van der Waals surface area contributed by atoms with E-state index in [9.17, 15) is 33.9 Å². The summed E-state index contributed by atoms with van der Waals surface area (Å²) in [6, 6.07) is -5.04. The van der Waals surface area contributed by atoms with Crippen molar-refractivity contribution >= 4 is 47.3 Å². The van der Waals surface area contributed by atoms with Crippen LogP contribution >= 0.6 is 11.8 Å². The van der Waals surface area contributed by atoms with Crippen molar-refractivity contribution < 1.29 is 39.0 Å². The molecular formula is C19H33N5O8S. The van der Waals surface area contributed by atoms with Crippen molar-refractivity contribution in [3.8, 4) is 0 Å². The second-order valence-electron chi connectivity index (χ2n) is 7.68. The number of carboxylic acid groups (broad SMARTS) is 2. The molecule has 4 unspecified atom stereocenters. The number of aliphatic carboxylic acids is 2. The van der Waals surface area contributed by atoms with Crippen LogP contribution in [0.5, 0.6) is 0 Å². The van der Waals surface area contributed by atoms with Crippen LogP contribution in [0, 0.1) is 5.92 Å². The Morgan fingerprint density at radius 3 is 1.91 bits per heavy atom. The first-order valence-corrected chi connectivity index (χ1v) is 11.6. The largest absolute Gasteiger partial charge is 0.481 e. The van der Waals surface area contributed by atoms with Gasteiger partial charge < -0.3 is 37.6 Å². The lowest BCUT2D eigenvalue weighted by molar-refractivity contribution is -0.143. The standard InChI is InChI=1S/C19H33N5O8S/c1-9(2)15(18(30)22-11(19(31)32)6-7-33-3)24-17(29)12(8-13(21)25)23-16(28)10(20)4-5-14(26)27/h9-12,15H,4-8,20H2,1-3H3,(H2,21,25)(H,22,30)(H,23,28)(H,24,29)(H,26,27)(H,31,32). The van der Waals surface area contributed by atoms with Gasteiger partial charge in [0.2, 0.25) is 23.6 Å². The zero-order valence-corrected chi connectivity index (χ0v) is 19.6. The molecule has 0 aliphatic heterocycles. The molecule has 0 fully saturated rings. The third kappa shape index (κ3) is 12.1. The molecule has 0 spiro atoms. The summed E-state index contributed by atoms with van der Waals surface area (Å²) in [5.41, 5.74) is 10.8. The first-order valence-electron chi connectivity index (χ1n) is 10.2. The summed E-state index contributed by atoms with van der Waals surface area (Å²) in [5.74, 6) is -5.79. The highest BCUT2D eigenvalue weighted by Gasteiger charge is 2.32. The summed E-state index contributed by atoms with van der Waals surface area (Å²) in [6.45, 7) is 3.23. The Kier molecular flexibility index (Phi) is 13.7. The monoisotopic (exact) mass is 491 g/mol. The molecule has 0 radical (unpaired) electrons. The van der Waals surface area contributed by atoms with Crippen LogP contribution in [0.4, 0.5) is 0 Å². The Morgan fingerprint density at radius 1 is 0.879 bits per heavy atom. The fourth-order valence-corrected chi connectivity index (χ4v) is 3.11. The third-order valence-corrected chi connectivity index (χ3v) is 5.16. The number of thioether (sulfide) groups is 1. The van der Waals surface area contributed by atoms with E-state index in [0.29, 0.717) is 5.75 Å². The van der Waals surface area contributed by atoms with Crippen molar-refractivity contribution in [2.45, 2.75) is 63.7 Å². The number of hydrogen-bond donors (Lipinski definition) is 7. The maximum atomic E-state index is 12.7. The molecule has 33 heavy (non-hydrogen) atoms. The molecule has 9 N–H and O–H groups in total. The Morgan fingerprint density at radius 2 is 1.45 bits per heavy atom. The molecule has 0 saturated heterocycles. The number of amides is 4. The first-order chi connectivity index (χ1) is 15.3. The van der Waals surface area contributed by atoms with Gasteiger partial charge in [-0.3, -0.25) is 24.0 Å². The van der Waals surface area contributed by atoms with Gasteiger partial charge in [0, 0.05) is 6.42 Å². The predicted octanol–water partition coefficient (Wildman–Crippen LogP) is -2.00. The van der Waals surface area contributed by atoms with Gasteiger partial charge in [0.15, 0.2) is 0 Å². The molecule has 0 aliphatic carbocycles. The number of primary amides is 1. The van der Waals surface area contributed by atoms with Gasteiger partial charge >= 0.3 is 11.9 Å². The molecule has 0 bridgehead atoms. The molecule has 0 aromatic carbocycles. The lowest BCUT2D eigenvalue weighted by Gasteiger charge is -2.26. The lowest BCUT2D eigenvalue weighted by atomic mass is 10.0. The smallest absolute Gasteiger partial charge is 0.326 e. The summed E-state index contributed by atoms with van der Waals surface area (Å²) in [7, 11) is 0. The van der Waals surface area contributed by atoms with E-state index in [4.69, 9.17) is 16.6 Å². The van der Waals surface area contributed by atoms with Crippen molar-refractivity contribution in [1.82, 2.24) is 16.0 Å². The molecule has 0 rings (SSSR count). The minimum Gasteiger partial charge on any atom is -0.481 e. The van der Waals surface area contributed by atoms with E-state index in [1.165, 1.54) is 11.8 Å². The number of nitrogens with one attached hydrogen (secondary N) is 3. The number of nitrogens with two attached hydrogens (primary N) is 2. The minimum absolute atomic E-state index is 0.176. The van der Waals surface area contributed by atoms with Crippen LogP contribution in [-0.4, -0.2) is 82.0 Å². The maximum absolute atomic E-state index is 12.7. The van der Waals surface area contributed by atoms with Crippen LogP contribution < -0.4 is 27.4 Å². The number of carbonyl (C=O) groups excluding carboxylic acids is 4. The van der Waals surface area contributed by atoms with Crippen LogP contribution in [0.25, 0.3) is 0 Å². The molecule has 14 heteroatoms. The van der Waals surface area contributed by atoms with E-state index in [-0.39, 0.29) is 19.3 Å². The Labute approximate surface area is 195 Å². The normalized spacial score (nSPS) is 14.5. The highest BCUT2D eigenvalue weighted by atomic mass is 32.2. The average molecular weight is 492 g/mol. The van der Waals surface area contributed by atoms with Crippen LogP contribution in [-0.2, 0) is 28.8 Å². The zero-order chi connectivity index (χ0) is 25.7. The van der Waals surface area contributed by atoms with Gasteiger partial charge in [0.05, 0.1) is 12.5 Å². The maximum Gasteiger partial charge on any atom is 0.326 e. The van der Waals surface area contributed by atoms with Crippen LogP contribution in [0.15, 0.2) is 0 Å². The van der Waals surface area contributed by atoms with E-state index in [1.807, 2.05) is 0 Å². The summed E-state index contributed by atoms with van der Waals surface area (Å²) >= 11 is 1.41. The van der Waals surface area contributed by atoms with Crippen LogP contribution in [0.2, 0.25) is 0 Å².